The van der Waals surface area contributed by atoms with Crippen molar-refractivity contribution in [3.63, 3.8) is 0 Å². The number of hydrogen-bond donors (Lipinski definition) is 2. The second-order valence-electron chi connectivity index (χ2n) is 6.10. The molecule has 0 aromatic heterocycles. The van der Waals surface area contributed by atoms with E-state index in [0.29, 0.717) is 23.7 Å². The van der Waals surface area contributed by atoms with Gasteiger partial charge in [-0.05, 0) is 44.4 Å². The fourth-order valence-corrected chi connectivity index (χ4v) is 2.00. The van der Waals surface area contributed by atoms with E-state index < -0.39 is 6.04 Å². The average molecular weight is 295 g/mol. The Kier molecular flexibility index (Phi) is 6.15. The topological polar surface area (TPSA) is 58.4 Å². The molecule has 0 heterocycles. The lowest BCUT2D eigenvalue weighted by atomic mass is 10.0. The van der Waals surface area contributed by atoms with Crippen LogP contribution >= 0.6 is 0 Å². The van der Waals surface area contributed by atoms with E-state index in [1.54, 1.807) is 12.1 Å². The first-order valence-electron chi connectivity index (χ1n) is 7.31. The summed E-state index contributed by atoms with van der Waals surface area (Å²) in [5, 5.41) is 2.66. The molecule has 21 heavy (non-hydrogen) atoms. The summed E-state index contributed by atoms with van der Waals surface area (Å²) in [6.45, 7) is 7.98. The third-order valence-electron chi connectivity index (χ3n) is 3.43. The molecule has 1 aromatic rings. The summed E-state index contributed by atoms with van der Waals surface area (Å²) >= 11 is 0. The predicted octanol–water partition coefficient (Wildman–Crippen LogP) is 2.98. The van der Waals surface area contributed by atoms with Crippen LogP contribution in [0, 0.1) is 11.7 Å². The molecule has 1 amide bonds. The van der Waals surface area contributed by atoms with E-state index in [0.717, 1.165) is 0 Å². The lowest BCUT2D eigenvalue weighted by molar-refractivity contribution is -0.117. The smallest absolute Gasteiger partial charge is 0.241 e. The van der Waals surface area contributed by atoms with Crippen LogP contribution in [0.15, 0.2) is 18.2 Å². The van der Waals surface area contributed by atoms with Crippen molar-refractivity contribution in [1.29, 1.82) is 0 Å². The number of rotatable bonds is 6. The van der Waals surface area contributed by atoms with Gasteiger partial charge < -0.3 is 16.0 Å². The number of anilines is 2. The molecule has 4 nitrogen and oxygen atoms in total. The van der Waals surface area contributed by atoms with Crippen molar-refractivity contribution in [2.75, 3.05) is 17.3 Å². The van der Waals surface area contributed by atoms with E-state index in [1.807, 2.05) is 39.6 Å². The largest absolute Gasteiger partial charge is 0.370 e. The minimum atomic E-state index is -0.578. The maximum atomic E-state index is 14.1. The summed E-state index contributed by atoms with van der Waals surface area (Å²) in [4.78, 5) is 13.8. The molecule has 0 bridgehead atoms. The quantitative estimate of drug-likeness (QED) is 0.848. The number of benzene rings is 1. The molecular weight excluding hydrogens is 269 g/mol. The van der Waals surface area contributed by atoms with Crippen molar-refractivity contribution in [3.8, 4) is 0 Å². The summed E-state index contributed by atoms with van der Waals surface area (Å²) in [5.74, 6) is -0.306. The Bertz CT molecular complexity index is 488. The van der Waals surface area contributed by atoms with Crippen LogP contribution in [0.5, 0.6) is 0 Å². The highest BCUT2D eigenvalue weighted by molar-refractivity contribution is 5.94. The van der Waals surface area contributed by atoms with Gasteiger partial charge in [0.2, 0.25) is 5.91 Å². The Labute approximate surface area is 126 Å². The summed E-state index contributed by atoms with van der Waals surface area (Å²) in [6.07, 6.45) is 0.600. The molecule has 118 valence electrons. The fraction of sp³-hybridized carbons (Fsp3) is 0.562. The van der Waals surface area contributed by atoms with Crippen LogP contribution in [0.1, 0.15) is 34.1 Å². The first kappa shape index (κ1) is 17.4. The summed E-state index contributed by atoms with van der Waals surface area (Å²) < 4.78 is 14.1. The Morgan fingerprint density at radius 3 is 2.43 bits per heavy atom. The molecule has 0 aliphatic rings. The molecule has 1 rings (SSSR count). The molecule has 0 aliphatic carbocycles. The Morgan fingerprint density at radius 1 is 1.33 bits per heavy atom. The van der Waals surface area contributed by atoms with Crippen LogP contribution in [0.4, 0.5) is 15.8 Å². The molecule has 5 heteroatoms. The maximum absolute atomic E-state index is 14.1. The van der Waals surface area contributed by atoms with Crippen molar-refractivity contribution < 1.29 is 9.18 Å². The van der Waals surface area contributed by atoms with Crippen LogP contribution in [0.2, 0.25) is 0 Å². The summed E-state index contributed by atoms with van der Waals surface area (Å²) in [6, 6.07) is 4.30. The fourth-order valence-electron chi connectivity index (χ4n) is 2.00. The molecule has 1 unspecified atom stereocenters. The van der Waals surface area contributed by atoms with Gasteiger partial charge in [0.05, 0.1) is 11.7 Å². The van der Waals surface area contributed by atoms with E-state index >= 15 is 0 Å². The Hall–Kier alpha value is -1.62. The van der Waals surface area contributed by atoms with Crippen LogP contribution in [0.25, 0.3) is 0 Å². The number of nitrogens with two attached hydrogens (primary N) is 1. The highest BCUT2D eigenvalue weighted by Gasteiger charge is 2.16. The van der Waals surface area contributed by atoms with E-state index in [2.05, 4.69) is 5.32 Å². The molecule has 0 saturated heterocycles. The lowest BCUT2D eigenvalue weighted by Gasteiger charge is -2.24. The molecule has 1 atom stereocenters. The first-order valence-corrected chi connectivity index (χ1v) is 7.31. The SMILES string of the molecule is CC(C)CC(N)C(=O)Nc1ccc(N(C)C(C)C)c(F)c1. The van der Waals surface area contributed by atoms with Gasteiger partial charge in [0.1, 0.15) is 5.82 Å². The zero-order chi connectivity index (χ0) is 16.2. The molecule has 1 aromatic carbocycles. The van der Waals surface area contributed by atoms with Crippen LogP contribution < -0.4 is 16.0 Å². The second-order valence-corrected chi connectivity index (χ2v) is 6.10. The Morgan fingerprint density at radius 2 is 1.95 bits per heavy atom. The molecule has 0 radical (unpaired) electrons. The number of halogens is 1. The van der Waals surface area contributed by atoms with E-state index in [9.17, 15) is 9.18 Å². The summed E-state index contributed by atoms with van der Waals surface area (Å²) in [5.41, 5.74) is 6.74. The van der Waals surface area contributed by atoms with Crippen molar-refractivity contribution in [2.45, 2.75) is 46.2 Å². The molecule has 0 saturated carbocycles. The number of amides is 1. The number of carbonyl (C=O) groups is 1. The minimum Gasteiger partial charge on any atom is -0.370 e. The van der Waals surface area contributed by atoms with Crippen molar-refractivity contribution in [1.82, 2.24) is 0 Å². The highest BCUT2D eigenvalue weighted by Crippen LogP contribution is 2.23. The monoisotopic (exact) mass is 295 g/mol. The van der Waals surface area contributed by atoms with E-state index in [4.69, 9.17) is 5.73 Å². The Balaban J connectivity index is 2.78. The molecule has 3 N–H and O–H groups in total. The zero-order valence-corrected chi connectivity index (χ0v) is 13.5. The second kappa shape index (κ2) is 7.41. The van der Waals surface area contributed by atoms with Gasteiger partial charge in [-0.2, -0.15) is 0 Å². The molecular formula is C16H26FN3O. The number of carbonyl (C=O) groups excluding carboxylic acids is 1. The third kappa shape index (κ3) is 5.01. The predicted molar refractivity (Wildman–Crippen MR) is 86.0 cm³/mol. The lowest BCUT2D eigenvalue weighted by Crippen LogP contribution is -2.36. The van der Waals surface area contributed by atoms with Gasteiger partial charge >= 0.3 is 0 Å². The van der Waals surface area contributed by atoms with Gasteiger partial charge in [-0.15, -0.1) is 0 Å². The summed E-state index contributed by atoms with van der Waals surface area (Å²) in [7, 11) is 1.83. The number of hydrogen-bond acceptors (Lipinski definition) is 3. The van der Waals surface area contributed by atoms with Crippen LogP contribution in [-0.4, -0.2) is 25.0 Å². The maximum Gasteiger partial charge on any atom is 0.241 e. The van der Waals surface area contributed by atoms with E-state index in [1.165, 1.54) is 6.07 Å². The normalized spacial score (nSPS) is 12.6. The van der Waals surface area contributed by atoms with Gasteiger partial charge in [-0.25, -0.2) is 4.39 Å². The standard InChI is InChI=1S/C16H26FN3O/c1-10(2)8-14(18)16(21)19-12-6-7-15(13(17)9-12)20(5)11(3)4/h6-7,9-11,14H,8,18H2,1-5H3,(H,19,21). The molecule has 0 aliphatic heterocycles. The van der Waals surface area contributed by atoms with Gasteiger partial charge in [0.25, 0.3) is 0 Å². The number of nitrogens with one attached hydrogen (secondary N) is 1. The van der Waals surface area contributed by atoms with Crippen molar-refractivity contribution in [3.05, 3.63) is 24.0 Å². The van der Waals surface area contributed by atoms with Gasteiger partial charge in [-0.1, -0.05) is 13.8 Å². The van der Waals surface area contributed by atoms with Gasteiger partial charge in [0, 0.05) is 18.8 Å². The van der Waals surface area contributed by atoms with Gasteiger partial charge in [0.15, 0.2) is 0 Å². The van der Waals surface area contributed by atoms with Crippen molar-refractivity contribution >= 4 is 17.3 Å². The molecule has 0 fully saturated rings. The van der Waals surface area contributed by atoms with Crippen LogP contribution in [-0.2, 0) is 4.79 Å². The van der Waals surface area contributed by atoms with Crippen LogP contribution in [0.3, 0.4) is 0 Å². The van der Waals surface area contributed by atoms with Gasteiger partial charge in [-0.3, -0.25) is 4.79 Å². The van der Waals surface area contributed by atoms with Crippen molar-refractivity contribution in [2.24, 2.45) is 11.7 Å². The first-order chi connectivity index (χ1) is 9.72. The average Bonchev–Trinajstić information content (AvgIpc) is 2.37. The minimum absolute atomic E-state index is 0.194. The third-order valence-corrected chi connectivity index (χ3v) is 3.43. The number of nitrogens with zero attached hydrogens (tertiary/aromatic N) is 1. The zero-order valence-electron chi connectivity index (χ0n) is 13.5. The molecule has 0 spiro atoms. The van der Waals surface area contributed by atoms with E-state index in [-0.39, 0.29) is 17.8 Å². The highest BCUT2D eigenvalue weighted by atomic mass is 19.1.